The number of hydrogen-bond donors (Lipinski definition) is 4. The molecule has 292 valence electrons. The third-order valence-corrected chi connectivity index (χ3v) is 12.3. The monoisotopic (exact) mass is 716 g/mol. The van der Waals surface area contributed by atoms with Gasteiger partial charge in [0.1, 0.15) is 30.0 Å². The molecule has 0 unspecified atom stereocenters. The molecule has 4 saturated heterocycles. The van der Waals surface area contributed by atoms with Crippen molar-refractivity contribution >= 4 is 5.97 Å². The Kier molecular flexibility index (Phi) is 13.5. The summed E-state index contributed by atoms with van der Waals surface area (Å²) < 4.78 is 45.3. The van der Waals surface area contributed by atoms with Crippen LogP contribution in [0, 0.1) is 17.8 Å². The van der Waals surface area contributed by atoms with Crippen molar-refractivity contribution in [1.82, 2.24) is 10.2 Å². The highest BCUT2D eigenvalue weighted by atomic mass is 16.7. The van der Waals surface area contributed by atoms with Crippen molar-refractivity contribution in [2.24, 2.45) is 17.8 Å². The molecule has 18 atom stereocenters. The van der Waals surface area contributed by atoms with Gasteiger partial charge < -0.3 is 58.7 Å². The molecule has 0 bridgehead atoms. The Labute approximate surface area is 300 Å². The van der Waals surface area contributed by atoms with Crippen molar-refractivity contribution in [1.29, 1.82) is 0 Å². The van der Waals surface area contributed by atoms with Crippen molar-refractivity contribution in [3.63, 3.8) is 0 Å². The summed E-state index contributed by atoms with van der Waals surface area (Å²) >= 11 is 0. The number of hydrogen-bond acceptors (Lipinski definition) is 13. The second kappa shape index (κ2) is 16.2. The Morgan fingerprint density at radius 3 is 2.26 bits per heavy atom. The molecule has 4 aliphatic heterocycles. The largest absolute Gasteiger partial charge is 0.459 e. The molecule has 0 spiro atoms. The number of rotatable bonds is 5. The topological polar surface area (TPSA) is 158 Å². The van der Waals surface area contributed by atoms with Crippen molar-refractivity contribution in [3.8, 4) is 0 Å². The lowest BCUT2D eigenvalue weighted by Gasteiger charge is -2.55. The van der Waals surface area contributed by atoms with Crippen LogP contribution < -0.4 is 5.32 Å². The van der Waals surface area contributed by atoms with Crippen LogP contribution in [0.4, 0.5) is 0 Å². The first-order valence-corrected chi connectivity index (χ1v) is 18.7. The van der Waals surface area contributed by atoms with E-state index in [0.29, 0.717) is 13.0 Å². The van der Waals surface area contributed by atoms with Crippen LogP contribution in [-0.4, -0.2) is 144 Å². The van der Waals surface area contributed by atoms with Crippen molar-refractivity contribution in [2.75, 3.05) is 27.7 Å². The summed E-state index contributed by atoms with van der Waals surface area (Å²) in [5, 5.41) is 37.6. The number of likely N-dealkylation sites (N-methyl/N-ethyl adjacent to an activating group) is 2. The summed E-state index contributed by atoms with van der Waals surface area (Å²) in [5.41, 5.74) is -3.53. The van der Waals surface area contributed by atoms with E-state index in [1.54, 1.807) is 21.0 Å². The summed E-state index contributed by atoms with van der Waals surface area (Å²) in [6.07, 6.45) is -5.15. The van der Waals surface area contributed by atoms with Gasteiger partial charge in [-0.3, -0.25) is 4.79 Å². The number of carbonyl (C=O) groups is 1. The number of aliphatic hydroxyl groups is 3. The van der Waals surface area contributed by atoms with Crippen LogP contribution in [-0.2, 0) is 38.0 Å². The first kappa shape index (κ1) is 41.8. The van der Waals surface area contributed by atoms with Crippen LogP contribution in [0.5, 0.6) is 0 Å². The number of ether oxygens (including phenoxy) is 7. The Hall–Kier alpha value is -0.970. The summed E-state index contributed by atoms with van der Waals surface area (Å²) in [4.78, 5) is 16.2. The van der Waals surface area contributed by atoms with Crippen LogP contribution in [0.3, 0.4) is 0 Å². The molecule has 4 fully saturated rings. The van der Waals surface area contributed by atoms with E-state index >= 15 is 0 Å². The van der Waals surface area contributed by atoms with E-state index in [4.69, 9.17) is 33.2 Å². The van der Waals surface area contributed by atoms with E-state index < -0.39 is 89.9 Å². The van der Waals surface area contributed by atoms with Crippen LogP contribution >= 0.6 is 0 Å². The SMILES string of the molecule is CC[C@H]1OC(=O)[C@H](C)[C@@H](O[C@H]2C[C@@](C)(OC)[C@@H](O)[C@H](C)O2)[C@H](C)[C@H]2O[C@@H]3O[C@H](C)C[C@H](NC)[C@H]3O[C@]2(C)C[C@@H](C)CN(C)[C@H](C)[C@@H](O)[C@]1(C)O. The lowest BCUT2D eigenvalue weighted by atomic mass is 9.76. The molecule has 0 radical (unpaired) electrons. The van der Waals surface area contributed by atoms with Gasteiger partial charge in [-0.25, -0.2) is 0 Å². The molecule has 0 amide bonds. The van der Waals surface area contributed by atoms with Crippen LogP contribution in [0.15, 0.2) is 0 Å². The first-order valence-electron chi connectivity index (χ1n) is 18.7. The van der Waals surface area contributed by atoms with Crippen LogP contribution in [0.2, 0.25) is 0 Å². The number of cyclic esters (lactones) is 1. The zero-order valence-electron chi connectivity index (χ0n) is 32.8. The molecule has 4 N–H and O–H groups in total. The second-order valence-corrected chi connectivity index (χ2v) is 16.6. The minimum Gasteiger partial charge on any atom is -0.459 e. The molecule has 13 heteroatoms. The Morgan fingerprint density at radius 1 is 1.00 bits per heavy atom. The van der Waals surface area contributed by atoms with E-state index in [2.05, 4.69) is 19.2 Å². The third kappa shape index (κ3) is 8.38. The Bertz CT molecular complexity index is 1130. The molecule has 13 nitrogen and oxygen atoms in total. The average Bonchev–Trinajstić information content (AvgIpc) is 3.05. The van der Waals surface area contributed by atoms with Gasteiger partial charge in [0, 0.05) is 38.1 Å². The molecule has 0 aromatic heterocycles. The predicted molar refractivity (Wildman–Crippen MR) is 186 cm³/mol. The number of nitrogens with one attached hydrogen (secondary N) is 1. The molecule has 4 aliphatic rings. The fourth-order valence-corrected chi connectivity index (χ4v) is 9.05. The molecule has 4 heterocycles. The van der Waals surface area contributed by atoms with Crippen molar-refractivity contribution in [2.45, 2.75) is 185 Å². The van der Waals surface area contributed by atoms with E-state index in [1.807, 2.05) is 53.6 Å². The van der Waals surface area contributed by atoms with Gasteiger partial charge >= 0.3 is 5.97 Å². The lowest BCUT2D eigenvalue weighted by molar-refractivity contribution is -0.373. The quantitative estimate of drug-likeness (QED) is 0.308. The van der Waals surface area contributed by atoms with Crippen LogP contribution in [0.1, 0.15) is 94.9 Å². The average molecular weight is 717 g/mol. The second-order valence-electron chi connectivity index (χ2n) is 16.6. The standard InChI is InChI=1S/C37H68N2O11/c1-14-26-37(10,43)30(40)23(6)39(12)18-19(2)16-36(9)32(49-34-29(50-36)25(38-11)15-20(3)45-34)21(4)28(22(5)33(42)47-26)48-27-17-35(8,44-13)31(41)24(7)46-27/h19-32,34,38,40-41,43H,14-18H2,1-13H3/t19-,20-,21+,22-,23-,24+,25+,26-,27+,28+,29-,30-,31+,32-,34+,35-,36-,37-/m1/s1. The summed E-state index contributed by atoms with van der Waals surface area (Å²) in [7, 11) is 5.40. The number of esters is 1. The molecule has 4 rings (SSSR count). The van der Waals surface area contributed by atoms with Gasteiger partial charge in [0.2, 0.25) is 0 Å². The van der Waals surface area contributed by atoms with Gasteiger partial charge in [-0.15, -0.1) is 0 Å². The fourth-order valence-electron chi connectivity index (χ4n) is 9.05. The molecule has 0 aromatic carbocycles. The molecular formula is C37H68N2O11. The number of nitrogens with zero attached hydrogens (tertiary/aromatic N) is 1. The van der Waals surface area contributed by atoms with E-state index in [-0.39, 0.29) is 37.0 Å². The Morgan fingerprint density at radius 2 is 1.66 bits per heavy atom. The highest BCUT2D eigenvalue weighted by Gasteiger charge is 2.57. The number of carbonyl (C=O) groups excluding carboxylic acids is 1. The van der Waals surface area contributed by atoms with Crippen molar-refractivity contribution < 1.29 is 53.3 Å². The Balaban J connectivity index is 1.81. The normalized spacial score (nSPS) is 51.8. The van der Waals surface area contributed by atoms with E-state index in [9.17, 15) is 20.1 Å². The van der Waals surface area contributed by atoms with Gasteiger partial charge in [0.05, 0.1) is 41.5 Å². The lowest BCUT2D eigenvalue weighted by Crippen LogP contribution is -2.67. The zero-order valence-corrected chi connectivity index (χ0v) is 32.8. The van der Waals surface area contributed by atoms with E-state index in [1.165, 1.54) is 6.92 Å². The molecule has 50 heavy (non-hydrogen) atoms. The maximum absolute atomic E-state index is 14.2. The number of methoxy groups -OCH3 is 1. The van der Waals surface area contributed by atoms with Gasteiger partial charge in [-0.1, -0.05) is 20.8 Å². The summed E-state index contributed by atoms with van der Waals surface area (Å²) in [5.74, 6) is -1.84. The predicted octanol–water partition coefficient (Wildman–Crippen LogP) is 2.60. The third-order valence-electron chi connectivity index (χ3n) is 12.3. The first-order chi connectivity index (χ1) is 23.2. The fraction of sp³-hybridized carbons (Fsp3) is 0.973. The smallest absolute Gasteiger partial charge is 0.311 e. The van der Waals surface area contributed by atoms with Crippen molar-refractivity contribution in [3.05, 3.63) is 0 Å². The number of aliphatic hydroxyl groups excluding tert-OH is 2. The summed E-state index contributed by atoms with van der Waals surface area (Å²) in [6, 6.07) is -0.446. The number of fused-ring (bicyclic) bond motifs is 2. The molecule has 0 saturated carbocycles. The van der Waals surface area contributed by atoms with Gasteiger partial charge in [0.15, 0.2) is 12.6 Å². The minimum atomic E-state index is -1.74. The van der Waals surface area contributed by atoms with Crippen LogP contribution in [0.25, 0.3) is 0 Å². The molecule has 0 aliphatic carbocycles. The maximum atomic E-state index is 14.2. The molecule has 0 aromatic rings. The zero-order chi connectivity index (χ0) is 37.5. The molecular weight excluding hydrogens is 648 g/mol. The minimum absolute atomic E-state index is 0.00557. The van der Waals surface area contributed by atoms with E-state index in [0.717, 1.165) is 6.42 Å². The van der Waals surface area contributed by atoms with Gasteiger partial charge in [0.25, 0.3) is 0 Å². The maximum Gasteiger partial charge on any atom is 0.311 e. The van der Waals surface area contributed by atoms with Gasteiger partial charge in [-0.2, -0.15) is 0 Å². The highest BCUT2D eigenvalue weighted by Crippen LogP contribution is 2.45. The summed E-state index contributed by atoms with van der Waals surface area (Å²) in [6.45, 7) is 19.4. The van der Waals surface area contributed by atoms with Gasteiger partial charge in [-0.05, 0) is 87.7 Å². The highest BCUT2D eigenvalue weighted by molar-refractivity contribution is 5.73.